The molecule has 0 spiro atoms. The number of para-hydroxylation sites is 1. The summed E-state index contributed by atoms with van der Waals surface area (Å²) in [5, 5.41) is 1.16. The Bertz CT molecular complexity index is 619. The van der Waals surface area contributed by atoms with Crippen LogP contribution in [-0.2, 0) is 11.2 Å². The lowest BCUT2D eigenvalue weighted by Crippen LogP contribution is -2.26. The van der Waals surface area contributed by atoms with Gasteiger partial charge in [-0.1, -0.05) is 18.2 Å². The van der Waals surface area contributed by atoms with Crippen molar-refractivity contribution in [3.05, 3.63) is 35.4 Å². The molecule has 1 aliphatic heterocycles. The molecule has 2 aromatic rings. The summed E-state index contributed by atoms with van der Waals surface area (Å²) < 4.78 is 0. The quantitative estimate of drug-likeness (QED) is 0.691. The zero-order valence-electron chi connectivity index (χ0n) is 10.0. The molecule has 1 aromatic heterocycles. The predicted molar refractivity (Wildman–Crippen MR) is 68.2 cm³/mol. The molecule has 0 saturated carbocycles. The van der Waals surface area contributed by atoms with Crippen molar-refractivity contribution in [3.63, 3.8) is 0 Å². The number of hydrogen-bond acceptors (Lipinski definition) is 2. The minimum atomic E-state index is 0.0733. The number of rotatable bonds is 0. The van der Waals surface area contributed by atoms with Gasteiger partial charge in [0.05, 0.1) is 5.52 Å². The monoisotopic (exact) mass is 226 g/mol. The van der Waals surface area contributed by atoms with Crippen LogP contribution in [0.15, 0.2) is 24.3 Å². The van der Waals surface area contributed by atoms with Gasteiger partial charge < -0.3 is 0 Å². The summed E-state index contributed by atoms with van der Waals surface area (Å²) in [4.78, 5) is 17.9. The summed E-state index contributed by atoms with van der Waals surface area (Å²) in [5.74, 6) is 0.920. The van der Waals surface area contributed by atoms with E-state index in [1.54, 1.807) is 11.8 Å². The van der Waals surface area contributed by atoms with Crippen molar-refractivity contribution in [2.75, 3.05) is 11.4 Å². The number of hydrogen-bond donors (Lipinski definition) is 0. The number of nitrogens with zero attached hydrogens (tertiary/aromatic N) is 2. The maximum atomic E-state index is 11.5. The second kappa shape index (κ2) is 3.55. The maximum Gasteiger partial charge on any atom is 0.225 e. The van der Waals surface area contributed by atoms with Crippen LogP contribution in [0.25, 0.3) is 10.9 Å². The largest absolute Gasteiger partial charge is 0.296 e. The fourth-order valence-corrected chi connectivity index (χ4v) is 2.44. The molecule has 1 amide bonds. The normalized spacial score (nSPS) is 14.1. The zero-order valence-corrected chi connectivity index (χ0v) is 10.0. The number of fused-ring (bicyclic) bond motifs is 2. The second-order valence-corrected chi connectivity index (χ2v) is 4.54. The van der Waals surface area contributed by atoms with Crippen molar-refractivity contribution in [1.29, 1.82) is 0 Å². The van der Waals surface area contributed by atoms with Crippen molar-refractivity contribution in [1.82, 2.24) is 4.98 Å². The first kappa shape index (κ1) is 10.3. The van der Waals surface area contributed by atoms with Crippen molar-refractivity contribution in [2.24, 2.45) is 0 Å². The molecule has 3 nitrogen and oxygen atoms in total. The Balaban J connectivity index is 2.27. The SMILES string of the molecule is CC(=O)N1CCc2cc3cccc(C)c3nc21. The fraction of sp³-hybridized carbons (Fsp3) is 0.286. The van der Waals surface area contributed by atoms with Gasteiger partial charge in [-0.15, -0.1) is 0 Å². The lowest BCUT2D eigenvalue weighted by Gasteiger charge is -2.14. The number of aryl methyl sites for hydroxylation is 1. The Morgan fingerprint density at radius 1 is 1.41 bits per heavy atom. The van der Waals surface area contributed by atoms with E-state index in [4.69, 9.17) is 0 Å². The van der Waals surface area contributed by atoms with Gasteiger partial charge in [-0.2, -0.15) is 0 Å². The highest BCUT2D eigenvalue weighted by Crippen LogP contribution is 2.30. The molecule has 2 heterocycles. The Labute approximate surface area is 100 Å². The Kier molecular flexibility index (Phi) is 2.15. The second-order valence-electron chi connectivity index (χ2n) is 4.54. The van der Waals surface area contributed by atoms with Gasteiger partial charge in [0.1, 0.15) is 5.82 Å². The van der Waals surface area contributed by atoms with Crippen LogP contribution in [0, 0.1) is 6.92 Å². The van der Waals surface area contributed by atoms with Crippen LogP contribution >= 0.6 is 0 Å². The van der Waals surface area contributed by atoms with Gasteiger partial charge in [0, 0.05) is 18.9 Å². The van der Waals surface area contributed by atoms with E-state index < -0.39 is 0 Å². The number of anilines is 1. The smallest absolute Gasteiger partial charge is 0.225 e. The van der Waals surface area contributed by atoms with Crippen molar-refractivity contribution in [2.45, 2.75) is 20.3 Å². The molecule has 3 rings (SSSR count). The molecule has 3 heteroatoms. The number of benzene rings is 1. The summed E-state index contributed by atoms with van der Waals surface area (Å²) in [6.45, 7) is 4.40. The number of carbonyl (C=O) groups excluding carboxylic acids is 1. The average Bonchev–Trinajstić information content (AvgIpc) is 2.70. The number of amides is 1. The highest BCUT2D eigenvalue weighted by Gasteiger charge is 2.24. The maximum absolute atomic E-state index is 11.5. The summed E-state index contributed by atoms with van der Waals surface area (Å²) in [5.41, 5.74) is 3.33. The molecule has 0 radical (unpaired) electrons. The third-order valence-electron chi connectivity index (χ3n) is 3.34. The van der Waals surface area contributed by atoms with Crippen LogP contribution in [-0.4, -0.2) is 17.4 Å². The van der Waals surface area contributed by atoms with E-state index in [-0.39, 0.29) is 5.91 Å². The van der Waals surface area contributed by atoms with Crippen LogP contribution in [0.1, 0.15) is 18.1 Å². The van der Waals surface area contributed by atoms with E-state index in [0.717, 1.165) is 35.2 Å². The van der Waals surface area contributed by atoms with Crippen molar-refractivity contribution in [3.8, 4) is 0 Å². The summed E-state index contributed by atoms with van der Waals surface area (Å²) >= 11 is 0. The number of aromatic nitrogens is 1. The molecule has 1 aliphatic rings. The van der Waals surface area contributed by atoms with E-state index in [1.165, 1.54) is 5.56 Å². The van der Waals surface area contributed by atoms with E-state index in [1.807, 2.05) is 6.07 Å². The van der Waals surface area contributed by atoms with Gasteiger partial charge in [0.2, 0.25) is 5.91 Å². The molecule has 0 atom stereocenters. The summed E-state index contributed by atoms with van der Waals surface area (Å²) in [7, 11) is 0. The molecule has 0 aliphatic carbocycles. The highest BCUT2D eigenvalue weighted by atomic mass is 16.2. The Hall–Kier alpha value is -1.90. The molecular formula is C14H14N2O. The van der Waals surface area contributed by atoms with Gasteiger partial charge in [-0.25, -0.2) is 4.98 Å². The molecule has 0 bridgehead atoms. The zero-order chi connectivity index (χ0) is 12.0. The lowest BCUT2D eigenvalue weighted by atomic mass is 10.1. The van der Waals surface area contributed by atoms with E-state index in [0.29, 0.717) is 0 Å². The van der Waals surface area contributed by atoms with Gasteiger partial charge in [-0.3, -0.25) is 9.69 Å². The van der Waals surface area contributed by atoms with Crippen LogP contribution in [0.2, 0.25) is 0 Å². The van der Waals surface area contributed by atoms with Gasteiger partial charge in [0.25, 0.3) is 0 Å². The van der Waals surface area contributed by atoms with E-state index in [9.17, 15) is 4.79 Å². The molecule has 17 heavy (non-hydrogen) atoms. The molecule has 0 unspecified atom stereocenters. The first-order chi connectivity index (χ1) is 8.16. The topological polar surface area (TPSA) is 33.2 Å². The fourth-order valence-electron chi connectivity index (χ4n) is 2.44. The first-order valence-corrected chi connectivity index (χ1v) is 5.84. The Morgan fingerprint density at radius 3 is 3.00 bits per heavy atom. The van der Waals surface area contributed by atoms with Crippen molar-refractivity contribution >= 4 is 22.6 Å². The molecule has 1 aromatic carbocycles. The average molecular weight is 226 g/mol. The summed E-state index contributed by atoms with van der Waals surface area (Å²) in [6.07, 6.45) is 0.909. The Morgan fingerprint density at radius 2 is 2.24 bits per heavy atom. The number of carbonyl (C=O) groups is 1. The van der Waals surface area contributed by atoms with Crippen LogP contribution in [0.3, 0.4) is 0 Å². The lowest BCUT2D eigenvalue weighted by molar-refractivity contribution is -0.116. The minimum absolute atomic E-state index is 0.0733. The van der Waals surface area contributed by atoms with E-state index >= 15 is 0 Å². The molecule has 0 saturated heterocycles. The van der Waals surface area contributed by atoms with Gasteiger partial charge >= 0.3 is 0 Å². The van der Waals surface area contributed by atoms with Crippen LogP contribution in [0.5, 0.6) is 0 Å². The number of pyridine rings is 1. The minimum Gasteiger partial charge on any atom is -0.296 e. The standard InChI is InChI=1S/C14H14N2O/c1-9-4-3-5-11-8-12-6-7-16(10(2)17)14(12)15-13(9)11/h3-5,8H,6-7H2,1-2H3. The van der Waals surface area contributed by atoms with Gasteiger partial charge in [-0.05, 0) is 30.5 Å². The molecule has 0 fully saturated rings. The van der Waals surface area contributed by atoms with E-state index in [2.05, 4.69) is 30.1 Å². The summed E-state index contributed by atoms with van der Waals surface area (Å²) in [6, 6.07) is 8.33. The van der Waals surface area contributed by atoms with Crippen LogP contribution in [0.4, 0.5) is 5.82 Å². The molecule has 0 N–H and O–H groups in total. The van der Waals surface area contributed by atoms with Crippen molar-refractivity contribution < 1.29 is 4.79 Å². The van der Waals surface area contributed by atoms with Crippen LogP contribution < -0.4 is 4.90 Å². The molecule has 86 valence electrons. The highest BCUT2D eigenvalue weighted by molar-refractivity contribution is 5.95. The predicted octanol–water partition coefficient (Wildman–Crippen LogP) is 2.45. The molecular weight excluding hydrogens is 212 g/mol. The third kappa shape index (κ3) is 1.50. The first-order valence-electron chi connectivity index (χ1n) is 5.84. The van der Waals surface area contributed by atoms with Gasteiger partial charge in [0.15, 0.2) is 0 Å². The third-order valence-corrected chi connectivity index (χ3v) is 3.34.